The lowest BCUT2D eigenvalue weighted by molar-refractivity contribution is 0.239. The van der Waals surface area contributed by atoms with Crippen molar-refractivity contribution in [3.8, 4) is 11.1 Å². The summed E-state index contributed by atoms with van der Waals surface area (Å²) < 4.78 is 4.30. The highest BCUT2D eigenvalue weighted by atomic mass is 32.1. The third-order valence-electron chi connectivity index (χ3n) is 3.59. The summed E-state index contributed by atoms with van der Waals surface area (Å²) >= 11 is 1.45. The Kier molecular flexibility index (Phi) is 3.40. The third kappa shape index (κ3) is 2.31. The summed E-state index contributed by atoms with van der Waals surface area (Å²) in [5, 5.41) is 10.4. The Morgan fingerprint density at radius 3 is 2.84 bits per heavy atom. The minimum absolute atomic E-state index is 0.255. The predicted octanol–water partition coefficient (Wildman–Crippen LogP) is 2.21. The molecule has 5 heteroatoms. The van der Waals surface area contributed by atoms with Crippen molar-refractivity contribution in [1.29, 1.82) is 0 Å². The Morgan fingerprint density at radius 2 is 2.16 bits per heavy atom. The molecule has 2 heterocycles. The van der Waals surface area contributed by atoms with Gasteiger partial charge >= 0.3 is 0 Å². The zero-order chi connectivity index (χ0) is 13.2. The maximum Gasteiger partial charge on any atom is 0.147 e. The van der Waals surface area contributed by atoms with Crippen LogP contribution in [0.25, 0.3) is 11.1 Å². The fourth-order valence-electron chi connectivity index (χ4n) is 2.55. The van der Waals surface area contributed by atoms with Gasteiger partial charge in [-0.05, 0) is 23.5 Å². The minimum Gasteiger partial charge on any atom is -0.396 e. The van der Waals surface area contributed by atoms with E-state index >= 15 is 0 Å². The van der Waals surface area contributed by atoms with Crippen molar-refractivity contribution in [3.05, 3.63) is 30.3 Å². The lowest BCUT2D eigenvalue weighted by Crippen LogP contribution is -2.20. The molecule has 0 saturated carbocycles. The smallest absolute Gasteiger partial charge is 0.147 e. The van der Waals surface area contributed by atoms with Crippen LogP contribution in [0.5, 0.6) is 0 Å². The highest BCUT2D eigenvalue weighted by Gasteiger charge is 2.26. The molecule has 0 radical (unpaired) electrons. The van der Waals surface area contributed by atoms with E-state index in [1.165, 1.54) is 11.5 Å². The van der Waals surface area contributed by atoms with Crippen LogP contribution < -0.4 is 10.6 Å². The van der Waals surface area contributed by atoms with E-state index in [2.05, 4.69) is 21.4 Å². The Hall–Kier alpha value is -1.59. The van der Waals surface area contributed by atoms with Crippen LogP contribution in [-0.2, 0) is 0 Å². The minimum atomic E-state index is 0.255. The molecule has 3 rings (SSSR count). The number of hydrogen-bond donors (Lipinski definition) is 2. The highest BCUT2D eigenvalue weighted by Crippen LogP contribution is 2.40. The molecule has 4 nitrogen and oxygen atoms in total. The first kappa shape index (κ1) is 12.4. The second-order valence-electron chi connectivity index (χ2n) is 4.90. The molecule has 1 aliphatic rings. The van der Waals surface area contributed by atoms with Crippen LogP contribution in [0.4, 0.5) is 10.8 Å². The van der Waals surface area contributed by atoms with Crippen LogP contribution in [0.2, 0.25) is 0 Å². The van der Waals surface area contributed by atoms with Gasteiger partial charge in [-0.25, -0.2) is 0 Å². The summed E-state index contributed by atoms with van der Waals surface area (Å²) in [5.74, 6) is 0.964. The van der Waals surface area contributed by atoms with E-state index in [0.29, 0.717) is 11.7 Å². The largest absolute Gasteiger partial charge is 0.396 e. The number of nitrogen functional groups attached to an aromatic ring is 1. The first-order valence-electron chi connectivity index (χ1n) is 6.46. The molecule has 1 aliphatic heterocycles. The van der Waals surface area contributed by atoms with E-state index in [9.17, 15) is 5.11 Å². The molecule has 1 aromatic heterocycles. The average molecular weight is 275 g/mol. The second-order valence-corrected chi connectivity index (χ2v) is 5.65. The van der Waals surface area contributed by atoms with Crippen molar-refractivity contribution in [2.45, 2.75) is 6.42 Å². The molecule has 3 N–H and O–H groups in total. The number of rotatable bonds is 3. The van der Waals surface area contributed by atoms with E-state index in [0.717, 1.165) is 35.6 Å². The molecule has 0 aliphatic carbocycles. The first-order chi connectivity index (χ1) is 9.29. The van der Waals surface area contributed by atoms with Crippen LogP contribution in [0.3, 0.4) is 0 Å². The molecule has 0 spiro atoms. The molecule has 2 aromatic rings. The summed E-state index contributed by atoms with van der Waals surface area (Å²) in [5.41, 5.74) is 8.17. The number of aliphatic hydroxyl groups excluding tert-OH is 1. The van der Waals surface area contributed by atoms with Gasteiger partial charge in [0.25, 0.3) is 0 Å². The third-order valence-corrected chi connectivity index (χ3v) is 4.52. The molecule has 0 amide bonds. The van der Waals surface area contributed by atoms with Crippen LogP contribution in [0.15, 0.2) is 30.3 Å². The molecule has 1 fully saturated rings. The van der Waals surface area contributed by atoms with Gasteiger partial charge in [0.05, 0.1) is 5.56 Å². The fraction of sp³-hybridized carbons (Fsp3) is 0.357. The van der Waals surface area contributed by atoms with Crippen molar-refractivity contribution in [2.24, 2.45) is 5.92 Å². The summed E-state index contributed by atoms with van der Waals surface area (Å²) in [6, 6.07) is 10.1. The Bertz CT molecular complexity index is 555. The van der Waals surface area contributed by atoms with E-state index in [4.69, 9.17) is 5.73 Å². The lowest BCUT2D eigenvalue weighted by Gasteiger charge is -2.17. The highest BCUT2D eigenvalue weighted by molar-refractivity contribution is 7.11. The van der Waals surface area contributed by atoms with Crippen LogP contribution in [-0.4, -0.2) is 29.2 Å². The lowest BCUT2D eigenvalue weighted by atomic mass is 10.1. The zero-order valence-corrected chi connectivity index (χ0v) is 11.4. The van der Waals surface area contributed by atoms with Gasteiger partial charge in [-0.3, -0.25) is 0 Å². The van der Waals surface area contributed by atoms with Gasteiger partial charge < -0.3 is 15.7 Å². The van der Waals surface area contributed by atoms with Gasteiger partial charge in [-0.15, -0.1) is 0 Å². The maximum absolute atomic E-state index is 9.26. The SMILES string of the molecule is Nc1nsc(N2CCC(CO)C2)c1-c1ccccc1. The number of aromatic nitrogens is 1. The summed E-state index contributed by atoms with van der Waals surface area (Å²) in [6.45, 7) is 2.11. The van der Waals surface area contributed by atoms with Crippen molar-refractivity contribution >= 4 is 22.4 Å². The number of nitrogens with two attached hydrogens (primary N) is 1. The molecule has 1 atom stereocenters. The summed E-state index contributed by atoms with van der Waals surface area (Å²) in [6.07, 6.45) is 1.03. The van der Waals surface area contributed by atoms with Crippen LogP contribution in [0.1, 0.15) is 6.42 Å². The summed E-state index contributed by atoms with van der Waals surface area (Å²) in [7, 11) is 0. The Labute approximate surface area is 116 Å². The van der Waals surface area contributed by atoms with Crippen molar-refractivity contribution in [2.75, 3.05) is 30.3 Å². The number of benzene rings is 1. The van der Waals surface area contributed by atoms with Crippen molar-refractivity contribution in [3.63, 3.8) is 0 Å². The molecule has 1 unspecified atom stereocenters. The fourth-order valence-corrected chi connectivity index (χ4v) is 3.42. The first-order valence-corrected chi connectivity index (χ1v) is 7.23. The molecule has 100 valence electrons. The van der Waals surface area contributed by atoms with Crippen molar-refractivity contribution in [1.82, 2.24) is 4.37 Å². The van der Waals surface area contributed by atoms with E-state index in [1.807, 2.05) is 18.2 Å². The maximum atomic E-state index is 9.26. The molecular formula is C14H17N3OS. The van der Waals surface area contributed by atoms with E-state index < -0.39 is 0 Å². The Morgan fingerprint density at radius 1 is 1.37 bits per heavy atom. The molecule has 0 bridgehead atoms. The molecule has 1 saturated heterocycles. The number of hydrogen-bond acceptors (Lipinski definition) is 5. The van der Waals surface area contributed by atoms with Crippen molar-refractivity contribution < 1.29 is 5.11 Å². The van der Waals surface area contributed by atoms with Gasteiger partial charge in [-0.2, -0.15) is 4.37 Å². The zero-order valence-electron chi connectivity index (χ0n) is 10.6. The monoisotopic (exact) mass is 275 g/mol. The van der Waals surface area contributed by atoms with Gasteiger partial charge in [-0.1, -0.05) is 30.3 Å². The number of aliphatic hydroxyl groups is 1. The standard InChI is InChI=1S/C14H17N3OS/c15-13-12(11-4-2-1-3-5-11)14(19-16-13)17-7-6-10(8-17)9-18/h1-5,10,18H,6-9H2,(H2,15,16). The average Bonchev–Trinajstić information content (AvgIpc) is 3.05. The van der Waals surface area contributed by atoms with Gasteiger partial charge in [0, 0.05) is 25.6 Å². The van der Waals surface area contributed by atoms with E-state index in [-0.39, 0.29) is 6.61 Å². The van der Waals surface area contributed by atoms with E-state index in [1.54, 1.807) is 0 Å². The molecule has 1 aromatic carbocycles. The van der Waals surface area contributed by atoms with Gasteiger partial charge in [0.2, 0.25) is 0 Å². The van der Waals surface area contributed by atoms with Gasteiger partial charge in [0.1, 0.15) is 10.8 Å². The quantitative estimate of drug-likeness (QED) is 0.901. The van der Waals surface area contributed by atoms with Crippen LogP contribution >= 0.6 is 11.5 Å². The predicted molar refractivity (Wildman–Crippen MR) is 79.4 cm³/mol. The summed E-state index contributed by atoms with van der Waals surface area (Å²) in [4.78, 5) is 2.29. The topological polar surface area (TPSA) is 62.4 Å². The second kappa shape index (κ2) is 5.19. The molecule has 19 heavy (non-hydrogen) atoms. The normalized spacial score (nSPS) is 19.0. The van der Waals surface area contributed by atoms with Crippen LogP contribution in [0, 0.1) is 5.92 Å². The number of nitrogens with zero attached hydrogens (tertiary/aromatic N) is 2. The number of anilines is 2. The Balaban J connectivity index is 1.96. The van der Waals surface area contributed by atoms with Gasteiger partial charge in [0.15, 0.2) is 0 Å². The molecular weight excluding hydrogens is 258 g/mol.